The van der Waals surface area contributed by atoms with Gasteiger partial charge in [0.1, 0.15) is 18.9 Å². The van der Waals surface area contributed by atoms with Crippen LogP contribution in [0.3, 0.4) is 0 Å². The third-order valence-corrected chi connectivity index (χ3v) is 8.80. The number of amides is 2. The standard InChI is InChI=1S/C29H36N2O3S2/c1-5-21(4)17-30(29(33)27-7-6-15-35-27)18-28(32)31-14-12-26-24(13-16-36-26)25(31)19-34-23-10-8-22(9-11-23)20(2)3/h6-11,13,15-16,20-21,25H,5,12,14,17-19H2,1-4H3/t21-,25+/m1/s1. The molecule has 2 atom stereocenters. The topological polar surface area (TPSA) is 49.9 Å². The highest BCUT2D eigenvalue weighted by atomic mass is 32.1. The maximum atomic E-state index is 13.7. The van der Waals surface area contributed by atoms with Gasteiger partial charge in [0.25, 0.3) is 5.91 Å². The molecule has 0 bridgehead atoms. The molecular formula is C29H36N2O3S2. The van der Waals surface area contributed by atoms with Gasteiger partial charge in [-0.3, -0.25) is 9.59 Å². The molecule has 7 heteroatoms. The fourth-order valence-corrected chi connectivity index (χ4v) is 6.15. The average Bonchev–Trinajstić information content (AvgIpc) is 3.59. The number of benzene rings is 1. The summed E-state index contributed by atoms with van der Waals surface area (Å²) in [5, 5.41) is 4.00. The smallest absolute Gasteiger partial charge is 0.264 e. The van der Waals surface area contributed by atoms with Crippen molar-refractivity contribution in [2.75, 3.05) is 26.2 Å². The van der Waals surface area contributed by atoms with Crippen molar-refractivity contribution in [2.24, 2.45) is 5.92 Å². The van der Waals surface area contributed by atoms with E-state index in [1.54, 1.807) is 16.2 Å². The van der Waals surface area contributed by atoms with Gasteiger partial charge < -0.3 is 14.5 Å². The number of fused-ring (bicyclic) bond motifs is 1. The fourth-order valence-electron chi connectivity index (χ4n) is 4.53. The van der Waals surface area contributed by atoms with Gasteiger partial charge in [-0.1, -0.05) is 52.3 Å². The third-order valence-electron chi connectivity index (χ3n) is 6.94. The maximum absolute atomic E-state index is 13.7. The van der Waals surface area contributed by atoms with E-state index < -0.39 is 0 Å². The molecule has 0 aliphatic carbocycles. The molecule has 1 aliphatic heterocycles. The Bertz CT molecular complexity index is 1140. The van der Waals surface area contributed by atoms with Crippen molar-refractivity contribution in [1.82, 2.24) is 9.80 Å². The molecule has 192 valence electrons. The van der Waals surface area contributed by atoms with Crippen LogP contribution in [-0.4, -0.2) is 47.9 Å². The summed E-state index contributed by atoms with van der Waals surface area (Å²) in [5.41, 5.74) is 2.44. The summed E-state index contributed by atoms with van der Waals surface area (Å²) >= 11 is 3.16. The summed E-state index contributed by atoms with van der Waals surface area (Å²) in [6.07, 6.45) is 1.79. The molecule has 1 aliphatic rings. The molecule has 0 fully saturated rings. The molecule has 0 unspecified atom stereocenters. The number of thiophene rings is 2. The molecule has 36 heavy (non-hydrogen) atoms. The summed E-state index contributed by atoms with van der Waals surface area (Å²) < 4.78 is 6.21. The molecule has 0 saturated carbocycles. The monoisotopic (exact) mass is 524 g/mol. The van der Waals surface area contributed by atoms with Gasteiger partial charge in [-0.05, 0) is 64.4 Å². The highest BCUT2D eigenvalue weighted by Gasteiger charge is 2.34. The first-order valence-electron chi connectivity index (χ1n) is 12.8. The van der Waals surface area contributed by atoms with Crippen molar-refractivity contribution >= 4 is 34.5 Å². The zero-order chi connectivity index (χ0) is 25.7. The Balaban J connectivity index is 1.51. The minimum atomic E-state index is -0.167. The van der Waals surface area contributed by atoms with E-state index in [4.69, 9.17) is 4.74 Å². The first kappa shape index (κ1) is 26.4. The number of hydrogen-bond acceptors (Lipinski definition) is 5. The van der Waals surface area contributed by atoms with Crippen LogP contribution in [0.5, 0.6) is 5.75 Å². The maximum Gasteiger partial charge on any atom is 0.264 e. The molecule has 2 amide bonds. The van der Waals surface area contributed by atoms with Crippen molar-refractivity contribution in [2.45, 2.75) is 52.5 Å². The minimum Gasteiger partial charge on any atom is -0.491 e. The van der Waals surface area contributed by atoms with Gasteiger partial charge >= 0.3 is 0 Å². The Morgan fingerprint density at radius 2 is 1.86 bits per heavy atom. The summed E-state index contributed by atoms with van der Waals surface area (Å²) in [6, 6.07) is 13.9. The van der Waals surface area contributed by atoms with Crippen molar-refractivity contribution in [3.8, 4) is 5.75 Å². The Labute approximate surface area is 222 Å². The van der Waals surface area contributed by atoms with Gasteiger partial charge in [-0.25, -0.2) is 0 Å². The van der Waals surface area contributed by atoms with Crippen molar-refractivity contribution in [3.05, 3.63) is 74.1 Å². The average molecular weight is 525 g/mol. The lowest BCUT2D eigenvalue weighted by molar-refractivity contribution is -0.135. The van der Waals surface area contributed by atoms with Gasteiger partial charge in [0.05, 0.1) is 10.9 Å². The van der Waals surface area contributed by atoms with Gasteiger partial charge in [-0.2, -0.15) is 0 Å². The van der Waals surface area contributed by atoms with E-state index >= 15 is 0 Å². The largest absolute Gasteiger partial charge is 0.491 e. The molecule has 1 aromatic carbocycles. The van der Waals surface area contributed by atoms with Crippen LogP contribution in [0.25, 0.3) is 0 Å². The van der Waals surface area contributed by atoms with Crippen LogP contribution >= 0.6 is 22.7 Å². The SMILES string of the molecule is CC[C@@H](C)CN(CC(=O)N1CCc2sccc2[C@@H]1COc1ccc(C(C)C)cc1)C(=O)c1cccs1. The van der Waals surface area contributed by atoms with E-state index in [2.05, 4.69) is 51.3 Å². The lowest BCUT2D eigenvalue weighted by Crippen LogP contribution is -2.48. The van der Waals surface area contributed by atoms with Crippen LogP contribution in [0.4, 0.5) is 0 Å². The van der Waals surface area contributed by atoms with Crippen LogP contribution in [0.2, 0.25) is 0 Å². The Morgan fingerprint density at radius 1 is 1.08 bits per heavy atom. The molecular weight excluding hydrogens is 488 g/mol. The molecule has 3 heterocycles. The molecule has 2 aromatic heterocycles. The molecule has 3 aromatic rings. The molecule has 4 rings (SSSR count). The zero-order valence-electron chi connectivity index (χ0n) is 21.6. The van der Waals surface area contributed by atoms with Crippen LogP contribution in [-0.2, 0) is 11.2 Å². The van der Waals surface area contributed by atoms with Crippen molar-refractivity contribution in [3.63, 3.8) is 0 Å². The van der Waals surface area contributed by atoms with Gasteiger partial charge in [0.15, 0.2) is 0 Å². The van der Waals surface area contributed by atoms with E-state index in [1.807, 2.05) is 34.5 Å². The molecule has 0 N–H and O–H groups in total. The van der Waals surface area contributed by atoms with Crippen LogP contribution in [0.1, 0.15) is 71.8 Å². The number of ether oxygens (including phenoxy) is 1. The molecule has 0 radical (unpaired) electrons. The van der Waals surface area contributed by atoms with Crippen LogP contribution in [0, 0.1) is 5.92 Å². The minimum absolute atomic E-state index is 0.0242. The Hall–Kier alpha value is -2.64. The second-order valence-electron chi connectivity index (χ2n) is 9.86. The first-order valence-corrected chi connectivity index (χ1v) is 14.5. The Morgan fingerprint density at radius 3 is 2.53 bits per heavy atom. The summed E-state index contributed by atoms with van der Waals surface area (Å²) in [4.78, 5) is 32.6. The molecule has 5 nitrogen and oxygen atoms in total. The molecule has 0 saturated heterocycles. The summed E-state index contributed by atoms with van der Waals surface area (Å²) in [5.74, 6) is 1.50. The number of hydrogen-bond donors (Lipinski definition) is 0. The van der Waals surface area contributed by atoms with Crippen molar-refractivity contribution in [1.29, 1.82) is 0 Å². The van der Waals surface area contributed by atoms with Gasteiger partial charge in [-0.15, -0.1) is 22.7 Å². The lowest BCUT2D eigenvalue weighted by atomic mass is 10.00. The lowest BCUT2D eigenvalue weighted by Gasteiger charge is -2.37. The summed E-state index contributed by atoms with van der Waals surface area (Å²) in [6.45, 7) is 10.3. The number of rotatable bonds is 10. The number of carbonyl (C=O) groups is 2. The second kappa shape index (κ2) is 12.1. The number of carbonyl (C=O) groups excluding carboxylic acids is 2. The highest BCUT2D eigenvalue weighted by Crippen LogP contribution is 2.34. The normalized spacial score (nSPS) is 16.0. The summed E-state index contributed by atoms with van der Waals surface area (Å²) in [7, 11) is 0. The highest BCUT2D eigenvalue weighted by molar-refractivity contribution is 7.12. The van der Waals surface area contributed by atoms with Gasteiger partial charge in [0.2, 0.25) is 5.91 Å². The van der Waals surface area contributed by atoms with E-state index in [1.165, 1.54) is 21.8 Å². The second-order valence-corrected chi connectivity index (χ2v) is 11.8. The van der Waals surface area contributed by atoms with Gasteiger partial charge in [0, 0.05) is 18.0 Å². The van der Waals surface area contributed by atoms with E-state index in [0.29, 0.717) is 36.4 Å². The Kier molecular flexibility index (Phi) is 8.86. The van der Waals surface area contributed by atoms with E-state index in [-0.39, 0.29) is 24.4 Å². The quantitative estimate of drug-likeness (QED) is 0.299. The number of nitrogens with zero attached hydrogens (tertiary/aromatic N) is 2. The zero-order valence-corrected chi connectivity index (χ0v) is 23.2. The first-order chi connectivity index (χ1) is 17.4. The van der Waals surface area contributed by atoms with Crippen LogP contribution in [0.15, 0.2) is 53.2 Å². The fraction of sp³-hybridized carbons (Fsp3) is 0.448. The van der Waals surface area contributed by atoms with Crippen molar-refractivity contribution < 1.29 is 14.3 Å². The molecule has 0 spiro atoms. The van der Waals surface area contributed by atoms with E-state index in [0.717, 1.165) is 24.2 Å². The third kappa shape index (κ3) is 6.19. The predicted molar refractivity (Wildman–Crippen MR) is 148 cm³/mol. The van der Waals surface area contributed by atoms with E-state index in [9.17, 15) is 9.59 Å². The predicted octanol–water partition coefficient (Wildman–Crippen LogP) is 6.63. The van der Waals surface area contributed by atoms with Crippen LogP contribution < -0.4 is 4.74 Å².